The number of hydrogen-bond acceptors (Lipinski definition) is 6. The fraction of sp³-hybridized carbons (Fsp3) is 0.700. The lowest BCUT2D eigenvalue weighted by atomic mass is 10.1. The lowest BCUT2D eigenvalue weighted by Crippen LogP contribution is -2.27. The lowest BCUT2D eigenvalue weighted by molar-refractivity contribution is -0.143. The molecule has 0 spiro atoms. The van der Waals surface area contributed by atoms with Crippen molar-refractivity contribution in [1.29, 1.82) is 0 Å². The summed E-state index contributed by atoms with van der Waals surface area (Å²) < 4.78 is 6.12. The number of nitrogens with two attached hydrogens (primary N) is 1. The number of hydrogen-bond donors (Lipinski definition) is 2. The summed E-state index contributed by atoms with van der Waals surface area (Å²) in [6, 6.07) is 0. The van der Waals surface area contributed by atoms with Gasteiger partial charge in [-0.3, -0.25) is 4.79 Å². The molecule has 0 fully saturated rings. The first-order valence-electron chi connectivity index (χ1n) is 5.46. The van der Waals surface area contributed by atoms with Crippen molar-refractivity contribution in [1.82, 2.24) is 14.8 Å². The average Bonchev–Trinajstić information content (AvgIpc) is 2.43. The van der Waals surface area contributed by atoms with Crippen LogP contribution in [0.5, 0.6) is 0 Å². The van der Waals surface area contributed by atoms with Gasteiger partial charge in [0.15, 0.2) is 0 Å². The molecule has 0 bridgehead atoms. The molecule has 7 nitrogen and oxygen atoms in total. The fourth-order valence-electron chi connectivity index (χ4n) is 1.19. The lowest BCUT2D eigenvalue weighted by Gasteiger charge is -2.18. The predicted molar refractivity (Wildman–Crippen MR) is 64.4 cm³/mol. The highest BCUT2D eigenvalue weighted by atomic mass is 16.5. The Morgan fingerprint density at radius 2 is 2.18 bits per heavy atom. The average molecular weight is 241 g/mol. The third kappa shape index (κ3) is 4.29. The van der Waals surface area contributed by atoms with Crippen LogP contribution in [0.25, 0.3) is 0 Å². The van der Waals surface area contributed by atoms with Crippen LogP contribution in [-0.2, 0) is 16.1 Å². The van der Waals surface area contributed by atoms with Crippen molar-refractivity contribution >= 4 is 17.9 Å². The monoisotopic (exact) mass is 241 g/mol. The molecule has 0 aliphatic heterocycles. The van der Waals surface area contributed by atoms with Gasteiger partial charge >= 0.3 is 5.97 Å². The third-order valence-corrected chi connectivity index (χ3v) is 1.77. The molecule has 3 N–H and O–H groups in total. The molecule has 0 aliphatic rings. The minimum Gasteiger partial charge on any atom is -0.465 e. The molecule has 0 aliphatic carbocycles. The summed E-state index contributed by atoms with van der Waals surface area (Å²) in [5, 5.41) is 7.16. The first-order chi connectivity index (χ1) is 7.81. The van der Waals surface area contributed by atoms with Crippen LogP contribution in [-0.4, -0.2) is 32.9 Å². The third-order valence-electron chi connectivity index (χ3n) is 1.77. The predicted octanol–water partition coefficient (Wildman–Crippen LogP) is 0.634. The van der Waals surface area contributed by atoms with Crippen molar-refractivity contribution in [2.75, 3.05) is 17.7 Å². The number of nitrogens with one attached hydrogen (secondary N) is 1. The molecule has 0 atom stereocenters. The van der Waals surface area contributed by atoms with Crippen molar-refractivity contribution in [3.8, 4) is 0 Å². The second-order valence-corrected chi connectivity index (χ2v) is 4.63. The Balaban J connectivity index is 2.72. The first kappa shape index (κ1) is 13.3. The fourth-order valence-corrected chi connectivity index (χ4v) is 1.19. The molecular weight excluding hydrogens is 222 g/mol. The van der Waals surface area contributed by atoms with Gasteiger partial charge in [-0.15, -0.1) is 5.10 Å². The van der Waals surface area contributed by atoms with Gasteiger partial charge in [-0.2, -0.15) is 4.98 Å². The van der Waals surface area contributed by atoms with Gasteiger partial charge in [-0.25, -0.2) is 4.68 Å². The van der Waals surface area contributed by atoms with Crippen LogP contribution in [0.3, 0.4) is 0 Å². The topological polar surface area (TPSA) is 95.1 Å². The second-order valence-electron chi connectivity index (χ2n) is 4.63. The Bertz CT molecular complexity index is 394. The number of aromatic nitrogens is 3. The van der Waals surface area contributed by atoms with Crippen LogP contribution in [0.15, 0.2) is 0 Å². The maximum atomic E-state index is 11.3. The van der Waals surface area contributed by atoms with Crippen LogP contribution in [0.4, 0.5) is 11.9 Å². The van der Waals surface area contributed by atoms with E-state index in [1.54, 1.807) is 6.92 Å². The van der Waals surface area contributed by atoms with E-state index in [2.05, 4.69) is 15.4 Å². The summed E-state index contributed by atoms with van der Waals surface area (Å²) in [6.07, 6.45) is 0. The van der Waals surface area contributed by atoms with Gasteiger partial charge < -0.3 is 15.8 Å². The van der Waals surface area contributed by atoms with Crippen molar-refractivity contribution in [3.05, 3.63) is 0 Å². The highest BCUT2D eigenvalue weighted by Crippen LogP contribution is 2.11. The van der Waals surface area contributed by atoms with Crippen LogP contribution in [0.2, 0.25) is 0 Å². The van der Waals surface area contributed by atoms with Gasteiger partial charge in [0.2, 0.25) is 11.9 Å². The van der Waals surface area contributed by atoms with E-state index in [1.165, 1.54) is 4.68 Å². The van der Waals surface area contributed by atoms with Crippen molar-refractivity contribution < 1.29 is 9.53 Å². The molecule has 0 aromatic carbocycles. The Hall–Kier alpha value is -1.79. The van der Waals surface area contributed by atoms with Gasteiger partial charge in [0.05, 0.1) is 6.61 Å². The molecule has 1 rings (SSSR count). The van der Waals surface area contributed by atoms with E-state index in [9.17, 15) is 4.79 Å². The maximum Gasteiger partial charge on any atom is 0.327 e. The minimum absolute atomic E-state index is 0.0293. The normalized spacial score (nSPS) is 11.3. The zero-order valence-corrected chi connectivity index (χ0v) is 10.6. The Morgan fingerprint density at radius 3 is 2.71 bits per heavy atom. The highest BCUT2D eigenvalue weighted by molar-refractivity contribution is 5.69. The number of esters is 1. The van der Waals surface area contributed by atoms with E-state index < -0.39 is 0 Å². The summed E-state index contributed by atoms with van der Waals surface area (Å²) in [4.78, 5) is 15.3. The number of nitrogen functional groups attached to an aromatic ring is 1. The molecular formula is C10H19N5O2. The van der Waals surface area contributed by atoms with Gasteiger partial charge in [-0.1, -0.05) is 0 Å². The Labute approximate surface area is 100 Å². The number of carbonyl (C=O) groups excluding carboxylic acids is 1. The standard InChI is InChI=1S/C10H19N5O2/c1-5-17-7(16)6-15-8(11)12-9(14-15)13-10(2,3)4/h5-6H2,1-4H3,(H3,11,12,13,14). The smallest absolute Gasteiger partial charge is 0.327 e. The largest absolute Gasteiger partial charge is 0.465 e. The van der Waals surface area contributed by atoms with Crippen LogP contribution in [0, 0.1) is 0 Å². The van der Waals surface area contributed by atoms with Gasteiger partial charge in [0, 0.05) is 5.54 Å². The molecule has 1 aromatic rings. The van der Waals surface area contributed by atoms with Crippen LogP contribution >= 0.6 is 0 Å². The molecule has 0 unspecified atom stereocenters. The molecule has 96 valence electrons. The summed E-state index contributed by atoms with van der Waals surface area (Å²) in [5.41, 5.74) is 5.48. The number of nitrogens with zero attached hydrogens (tertiary/aromatic N) is 3. The maximum absolute atomic E-state index is 11.3. The Kier molecular flexibility index (Phi) is 3.93. The zero-order valence-electron chi connectivity index (χ0n) is 10.6. The molecule has 1 aromatic heterocycles. The first-order valence-corrected chi connectivity index (χ1v) is 5.46. The van der Waals surface area contributed by atoms with E-state index in [1.807, 2.05) is 20.8 Å². The molecule has 0 saturated carbocycles. The molecule has 7 heteroatoms. The van der Waals surface area contributed by atoms with Gasteiger partial charge in [-0.05, 0) is 27.7 Å². The van der Waals surface area contributed by atoms with E-state index in [0.717, 1.165) is 0 Å². The molecule has 0 saturated heterocycles. The molecule has 0 amide bonds. The minimum atomic E-state index is -0.383. The molecule has 1 heterocycles. The van der Waals surface area contributed by atoms with Crippen molar-refractivity contribution in [2.45, 2.75) is 39.8 Å². The molecule has 0 radical (unpaired) electrons. The number of ether oxygens (including phenoxy) is 1. The highest BCUT2D eigenvalue weighted by Gasteiger charge is 2.15. The van der Waals surface area contributed by atoms with E-state index in [4.69, 9.17) is 10.5 Å². The summed E-state index contributed by atoms with van der Waals surface area (Å²) in [7, 11) is 0. The Morgan fingerprint density at radius 1 is 1.53 bits per heavy atom. The van der Waals surface area contributed by atoms with Gasteiger partial charge in [0.1, 0.15) is 6.54 Å². The van der Waals surface area contributed by atoms with Crippen LogP contribution < -0.4 is 11.1 Å². The van der Waals surface area contributed by atoms with Crippen molar-refractivity contribution in [2.24, 2.45) is 0 Å². The second kappa shape index (κ2) is 5.03. The number of carbonyl (C=O) groups is 1. The van der Waals surface area contributed by atoms with Gasteiger partial charge in [0.25, 0.3) is 0 Å². The van der Waals surface area contributed by atoms with Crippen molar-refractivity contribution in [3.63, 3.8) is 0 Å². The van der Waals surface area contributed by atoms with E-state index in [0.29, 0.717) is 12.6 Å². The zero-order chi connectivity index (χ0) is 13.1. The van der Waals surface area contributed by atoms with Crippen LogP contribution in [0.1, 0.15) is 27.7 Å². The quantitative estimate of drug-likeness (QED) is 0.751. The number of anilines is 2. The van der Waals surface area contributed by atoms with E-state index in [-0.39, 0.29) is 24.0 Å². The summed E-state index contributed by atoms with van der Waals surface area (Å²) in [6.45, 7) is 7.99. The summed E-state index contributed by atoms with van der Waals surface area (Å²) in [5.74, 6) is 0.204. The number of rotatable bonds is 4. The SMILES string of the molecule is CCOC(=O)Cn1nc(NC(C)(C)C)nc1N. The summed E-state index contributed by atoms with van der Waals surface area (Å²) >= 11 is 0. The molecule has 17 heavy (non-hydrogen) atoms. The van der Waals surface area contributed by atoms with E-state index >= 15 is 0 Å².